The van der Waals surface area contributed by atoms with Crippen molar-refractivity contribution in [3.63, 3.8) is 0 Å². The smallest absolute Gasteiger partial charge is 0.407 e. The minimum Gasteiger partial charge on any atom is -0.465 e. The maximum Gasteiger partial charge on any atom is 0.407 e. The summed E-state index contributed by atoms with van der Waals surface area (Å²) in [4.78, 5) is 15.9. The Morgan fingerprint density at radius 2 is 2.25 bits per heavy atom. The quantitative estimate of drug-likeness (QED) is 0.868. The second-order valence-corrected chi connectivity index (χ2v) is 6.11. The first-order valence-electron chi connectivity index (χ1n) is 4.80. The summed E-state index contributed by atoms with van der Waals surface area (Å²) in [7, 11) is 0. The topological polar surface area (TPSA) is 53.4 Å². The second kappa shape index (κ2) is 4.29. The van der Waals surface area contributed by atoms with Crippen LogP contribution in [-0.4, -0.2) is 34.2 Å². The number of halogens is 2. The molecule has 0 saturated carbocycles. The van der Waals surface area contributed by atoms with E-state index in [1.165, 1.54) is 16.2 Å². The minimum atomic E-state index is -1.47. The standard InChI is InChI=1S/C9H10BrFN2O2S/c10-6-5-12-7(16-6)9(11)1-3-13(4-2-9)8(14)15/h5H,1-4H2,(H,14,15). The molecular formula is C9H10BrFN2O2S. The molecule has 1 saturated heterocycles. The Hall–Kier alpha value is -0.690. The number of amides is 1. The zero-order chi connectivity index (χ0) is 11.8. The van der Waals surface area contributed by atoms with Crippen LogP contribution in [0.3, 0.4) is 0 Å². The Balaban J connectivity index is 2.09. The van der Waals surface area contributed by atoms with Crippen LogP contribution in [0.15, 0.2) is 9.98 Å². The van der Waals surface area contributed by atoms with Crippen molar-refractivity contribution in [2.24, 2.45) is 0 Å². The molecule has 2 rings (SSSR count). The van der Waals surface area contributed by atoms with Crippen molar-refractivity contribution < 1.29 is 14.3 Å². The zero-order valence-electron chi connectivity index (χ0n) is 8.32. The van der Waals surface area contributed by atoms with Gasteiger partial charge in [-0.05, 0) is 15.9 Å². The van der Waals surface area contributed by atoms with Crippen LogP contribution in [0.25, 0.3) is 0 Å². The van der Waals surface area contributed by atoms with Gasteiger partial charge in [-0.25, -0.2) is 14.2 Å². The lowest BCUT2D eigenvalue weighted by atomic mass is 9.94. The van der Waals surface area contributed by atoms with Crippen LogP contribution in [0.2, 0.25) is 0 Å². The third-order valence-electron chi connectivity index (χ3n) is 2.69. The first kappa shape index (κ1) is 11.8. The van der Waals surface area contributed by atoms with E-state index in [-0.39, 0.29) is 25.9 Å². The number of nitrogens with zero attached hydrogens (tertiary/aromatic N) is 2. The van der Waals surface area contributed by atoms with Gasteiger partial charge in [0.15, 0.2) is 5.67 Å². The highest BCUT2D eigenvalue weighted by Crippen LogP contribution is 2.39. The van der Waals surface area contributed by atoms with Crippen LogP contribution in [0.4, 0.5) is 9.18 Å². The van der Waals surface area contributed by atoms with Crippen LogP contribution in [0, 0.1) is 0 Å². The van der Waals surface area contributed by atoms with Crippen molar-refractivity contribution in [2.45, 2.75) is 18.5 Å². The third-order valence-corrected chi connectivity index (χ3v) is 4.34. The van der Waals surface area contributed by atoms with Gasteiger partial charge >= 0.3 is 6.09 Å². The molecule has 0 unspecified atom stereocenters. The first-order valence-corrected chi connectivity index (χ1v) is 6.41. The predicted octanol–water partition coefficient (Wildman–Crippen LogP) is 2.84. The molecule has 1 aromatic rings. The molecule has 4 nitrogen and oxygen atoms in total. The molecule has 1 aromatic heterocycles. The fourth-order valence-electron chi connectivity index (χ4n) is 1.73. The summed E-state index contributed by atoms with van der Waals surface area (Å²) in [5, 5.41) is 9.20. The molecule has 1 aliphatic heterocycles. The number of alkyl halides is 1. The van der Waals surface area contributed by atoms with Gasteiger partial charge in [0.2, 0.25) is 0 Å². The van der Waals surface area contributed by atoms with E-state index in [1.54, 1.807) is 6.20 Å². The van der Waals surface area contributed by atoms with Gasteiger partial charge in [0.05, 0.1) is 9.98 Å². The minimum absolute atomic E-state index is 0.180. The first-order chi connectivity index (χ1) is 7.51. The molecule has 2 heterocycles. The normalized spacial score (nSPS) is 19.8. The molecule has 0 bridgehead atoms. The molecule has 1 fully saturated rings. The Kier molecular flexibility index (Phi) is 3.16. The summed E-state index contributed by atoms with van der Waals surface area (Å²) in [5.74, 6) is 0. The summed E-state index contributed by atoms with van der Waals surface area (Å²) < 4.78 is 15.3. The summed E-state index contributed by atoms with van der Waals surface area (Å²) >= 11 is 4.51. The Labute approximate surface area is 104 Å². The van der Waals surface area contributed by atoms with E-state index in [0.29, 0.717) is 5.01 Å². The molecule has 7 heteroatoms. The number of hydrogen-bond acceptors (Lipinski definition) is 3. The molecule has 0 aliphatic carbocycles. The molecule has 88 valence electrons. The van der Waals surface area contributed by atoms with Gasteiger partial charge < -0.3 is 10.0 Å². The lowest BCUT2D eigenvalue weighted by Crippen LogP contribution is -2.42. The van der Waals surface area contributed by atoms with Crippen LogP contribution in [0.5, 0.6) is 0 Å². The maximum atomic E-state index is 14.5. The average Bonchev–Trinajstić information content (AvgIpc) is 2.66. The van der Waals surface area contributed by atoms with Crippen molar-refractivity contribution in [1.82, 2.24) is 9.88 Å². The van der Waals surface area contributed by atoms with Crippen molar-refractivity contribution in [3.05, 3.63) is 15.0 Å². The number of likely N-dealkylation sites (tertiary alicyclic amines) is 1. The van der Waals surface area contributed by atoms with Crippen molar-refractivity contribution in [3.8, 4) is 0 Å². The van der Waals surface area contributed by atoms with Crippen LogP contribution in [-0.2, 0) is 5.67 Å². The van der Waals surface area contributed by atoms with Gasteiger partial charge in [0.25, 0.3) is 0 Å². The highest BCUT2D eigenvalue weighted by atomic mass is 79.9. The monoisotopic (exact) mass is 308 g/mol. The molecule has 0 radical (unpaired) electrons. The molecular weight excluding hydrogens is 299 g/mol. The van der Waals surface area contributed by atoms with Gasteiger partial charge in [-0.1, -0.05) is 0 Å². The fraction of sp³-hybridized carbons (Fsp3) is 0.556. The van der Waals surface area contributed by atoms with Crippen LogP contribution >= 0.6 is 27.3 Å². The number of thiazole rings is 1. The molecule has 16 heavy (non-hydrogen) atoms. The SMILES string of the molecule is O=C(O)N1CCC(F)(c2ncc(Br)s2)CC1. The lowest BCUT2D eigenvalue weighted by Gasteiger charge is -2.33. The third kappa shape index (κ3) is 2.20. The van der Waals surface area contributed by atoms with E-state index in [1.807, 2.05) is 0 Å². The van der Waals surface area contributed by atoms with Crippen molar-refractivity contribution in [2.75, 3.05) is 13.1 Å². The van der Waals surface area contributed by atoms with E-state index in [2.05, 4.69) is 20.9 Å². The van der Waals surface area contributed by atoms with E-state index in [0.717, 1.165) is 3.79 Å². The zero-order valence-corrected chi connectivity index (χ0v) is 10.7. The summed E-state index contributed by atoms with van der Waals surface area (Å²) in [6.45, 7) is 0.450. The number of aromatic nitrogens is 1. The highest BCUT2D eigenvalue weighted by molar-refractivity contribution is 9.11. The van der Waals surface area contributed by atoms with E-state index in [9.17, 15) is 9.18 Å². The molecule has 1 aliphatic rings. The van der Waals surface area contributed by atoms with Gasteiger partial charge in [-0.2, -0.15) is 0 Å². The van der Waals surface area contributed by atoms with Crippen molar-refractivity contribution in [1.29, 1.82) is 0 Å². The summed E-state index contributed by atoms with van der Waals surface area (Å²) in [6, 6.07) is 0. The second-order valence-electron chi connectivity index (χ2n) is 3.70. The van der Waals surface area contributed by atoms with Gasteiger partial charge in [-0.15, -0.1) is 11.3 Å². The molecule has 1 amide bonds. The van der Waals surface area contributed by atoms with Gasteiger partial charge in [0.1, 0.15) is 5.01 Å². The van der Waals surface area contributed by atoms with Crippen LogP contribution < -0.4 is 0 Å². The number of carbonyl (C=O) groups is 1. The molecule has 0 atom stereocenters. The van der Waals surface area contributed by atoms with Crippen molar-refractivity contribution >= 4 is 33.4 Å². The van der Waals surface area contributed by atoms with E-state index >= 15 is 0 Å². The maximum absolute atomic E-state index is 14.5. The number of carboxylic acid groups (broad SMARTS) is 1. The number of rotatable bonds is 1. The van der Waals surface area contributed by atoms with Gasteiger partial charge in [0, 0.05) is 25.9 Å². The predicted molar refractivity (Wildman–Crippen MR) is 61.4 cm³/mol. The Bertz CT molecular complexity index is 404. The Morgan fingerprint density at radius 3 is 2.69 bits per heavy atom. The fourth-order valence-corrected chi connectivity index (χ4v) is 3.07. The van der Waals surface area contributed by atoms with Crippen LogP contribution in [0.1, 0.15) is 17.8 Å². The van der Waals surface area contributed by atoms with E-state index < -0.39 is 11.8 Å². The average molecular weight is 309 g/mol. The molecule has 0 aromatic carbocycles. The summed E-state index contributed by atoms with van der Waals surface area (Å²) in [6.07, 6.45) is 0.950. The highest BCUT2D eigenvalue weighted by Gasteiger charge is 2.39. The van der Waals surface area contributed by atoms with Gasteiger partial charge in [-0.3, -0.25) is 0 Å². The largest absolute Gasteiger partial charge is 0.465 e. The van der Waals surface area contributed by atoms with E-state index in [4.69, 9.17) is 5.11 Å². The summed E-state index contributed by atoms with van der Waals surface area (Å²) in [5.41, 5.74) is -1.47. The number of hydrogen-bond donors (Lipinski definition) is 1. The molecule has 0 spiro atoms. The molecule has 1 N–H and O–H groups in total. The number of piperidine rings is 1. The Morgan fingerprint density at radius 1 is 1.62 bits per heavy atom. The lowest BCUT2D eigenvalue weighted by molar-refractivity contribution is 0.0550.